The van der Waals surface area contributed by atoms with Crippen LogP contribution in [0.2, 0.25) is 0 Å². The highest BCUT2D eigenvalue weighted by Gasteiger charge is 2.36. The zero-order valence-corrected chi connectivity index (χ0v) is 14.7. The minimum atomic E-state index is -0.798. The molecule has 1 aromatic carbocycles. The van der Waals surface area contributed by atoms with E-state index >= 15 is 0 Å². The van der Waals surface area contributed by atoms with Crippen molar-refractivity contribution in [2.24, 2.45) is 5.92 Å². The van der Waals surface area contributed by atoms with Crippen molar-refractivity contribution < 1.29 is 14.7 Å². The van der Waals surface area contributed by atoms with Gasteiger partial charge in [-0.1, -0.05) is 51.1 Å². The van der Waals surface area contributed by atoms with Crippen LogP contribution in [0.3, 0.4) is 0 Å². The number of amides is 1. The first kappa shape index (κ1) is 18.5. The molecule has 0 aliphatic heterocycles. The number of benzene rings is 1. The molecule has 1 amide bonds. The first-order valence-electron chi connectivity index (χ1n) is 8.73. The SMILES string of the molecule is CCN(CC(=O)O)C1CC(NC(=O)C(c2ccccc2)C(C)C)C1. The van der Waals surface area contributed by atoms with E-state index in [4.69, 9.17) is 5.11 Å². The van der Waals surface area contributed by atoms with Crippen LogP contribution in [0.1, 0.15) is 45.1 Å². The molecule has 5 nitrogen and oxygen atoms in total. The van der Waals surface area contributed by atoms with Gasteiger partial charge >= 0.3 is 5.97 Å². The van der Waals surface area contributed by atoms with Gasteiger partial charge in [0.2, 0.25) is 5.91 Å². The van der Waals surface area contributed by atoms with Gasteiger partial charge in [0.15, 0.2) is 0 Å². The fraction of sp³-hybridized carbons (Fsp3) is 0.579. The highest BCUT2D eigenvalue weighted by molar-refractivity contribution is 5.84. The lowest BCUT2D eigenvalue weighted by Gasteiger charge is -2.42. The normalized spacial score (nSPS) is 21.4. The van der Waals surface area contributed by atoms with E-state index in [1.54, 1.807) is 0 Å². The van der Waals surface area contributed by atoms with Gasteiger partial charge in [-0.15, -0.1) is 0 Å². The van der Waals surface area contributed by atoms with Crippen molar-refractivity contribution in [2.45, 2.75) is 51.6 Å². The number of nitrogens with one attached hydrogen (secondary N) is 1. The monoisotopic (exact) mass is 332 g/mol. The largest absolute Gasteiger partial charge is 0.480 e. The molecule has 2 rings (SSSR count). The van der Waals surface area contributed by atoms with E-state index < -0.39 is 5.97 Å². The van der Waals surface area contributed by atoms with Gasteiger partial charge in [0.25, 0.3) is 0 Å². The summed E-state index contributed by atoms with van der Waals surface area (Å²) in [4.78, 5) is 25.5. The van der Waals surface area contributed by atoms with Gasteiger partial charge in [0.1, 0.15) is 0 Å². The molecule has 0 aromatic heterocycles. The fourth-order valence-electron chi connectivity index (χ4n) is 3.47. The molecule has 1 unspecified atom stereocenters. The Morgan fingerprint density at radius 2 is 1.88 bits per heavy atom. The average Bonchev–Trinajstić information content (AvgIpc) is 2.49. The van der Waals surface area contributed by atoms with Crippen molar-refractivity contribution in [1.82, 2.24) is 10.2 Å². The standard InChI is InChI=1S/C19H28N2O3/c1-4-21(12-17(22)23)16-10-15(11-16)20-19(24)18(13(2)3)14-8-6-5-7-9-14/h5-9,13,15-16,18H,4,10-12H2,1-3H3,(H,20,24)(H,22,23). The highest BCUT2D eigenvalue weighted by Crippen LogP contribution is 2.29. The van der Waals surface area contributed by atoms with Crippen LogP contribution < -0.4 is 5.32 Å². The van der Waals surface area contributed by atoms with Crippen molar-refractivity contribution in [1.29, 1.82) is 0 Å². The fourth-order valence-corrected chi connectivity index (χ4v) is 3.47. The van der Waals surface area contributed by atoms with Gasteiger partial charge in [-0.25, -0.2) is 0 Å². The van der Waals surface area contributed by atoms with Gasteiger partial charge in [0, 0.05) is 12.1 Å². The molecular formula is C19H28N2O3. The van der Waals surface area contributed by atoms with Gasteiger partial charge in [-0.3, -0.25) is 14.5 Å². The number of carbonyl (C=O) groups excluding carboxylic acids is 1. The minimum absolute atomic E-state index is 0.0699. The first-order valence-corrected chi connectivity index (χ1v) is 8.73. The number of hydrogen-bond acceptors (Lipinski definition) is 3. The van der Waals surface area contributed by atoms with Crippen molar-refractivity contribution in [3.8, 4) is 0 Å². The molecule has 2 N–H and O–H groups in total. The Morgan fingerprint density at radius 3 is 2.38 bits per heavy atom. The Morgan fingerprint density at radius 1 is 1.25 bits per heavy atom. The summed E-state index contributed by atoms with van der Waals surface area (Å²) in [5.74, 6) is -0.650. The van der Waals surface area contributed by atoms with Crippen LogP contribution >= 0.6 is 0 Å². The van der Waals surface area contributed by atoms with Gasteiger partial charge in [-0.2, -0.15) is 0 Å². The zero-order valence-electron chi connectivity index (χ0n) is 14.7. The number of rotatable bonds is 8. The van der Waals surface area contributed by atoms with E-state index in [0.717, 1.165) is 24.9 Å². The Hall–Kier alpha value is -1.88. The van der Waals surface area contributed by atoms with Crippen LogP contribution in [0.4, 0.5) is 0 Å². The molecule has 1 aromatic rings. The molecule has 1 atom stereocenters. The maximum Gasteiger partial charge on any atom is 0.317 e. The summed E-state index contributed by atoms with van der Waals surface area (Å²) >= 11 is 0. The Bertz CT molecular complexity index is 553. The molecule has 5 heteroatoms. The molecule has 0 saturated heterocycles. The van der Waals surface area contributed by atoms with E-state index in [2.05, 4.69) is 19.2 Å². The lowest BCUT2D eigenvalue weighted by atomic mass is 9.83. The van der Waals surface area contributed by atoms with E-state index in [9.17, 15) is 9.59 Å². The molecule has 1 aliphatic rings. The lowest BCUT2D eigenvalue weighted by molar-refractivity contribution is -0.140. The van der Waals surface area contributed by atoms with Crippen molar-refractivity contribution in [2.75, 3.05) is 13.1 Å². The van der Waals surface area contributed by atoms with Gasteiger partial charge in [-0.05, 0) is 30.9 Å². The van der Waals surface area contributed by atoms with Gasteiger partial charge < -0.3 is 10.4 Å². The van der Waals surface area contributed by atoms with E-state index in [0.29, 0.717) is 0 Å². The van der Waals surface area contributed by atoms with E-state index in [1.807, 2.05) is 42.2 Å². The van der Waals surface area contributed by atoms with Crippen molar-refractivity contribution in [3.05, 3.63) is 35.9 Å². The molecule has 24 heavy (non-hydrogen) atoms. The van der Waals surface area contributed by atoms with Crippen LogP contribution in [-0.4, -0.2) is 47.1 Å². The first-order chi connectivity index (χ1) is 11.4. The van der Waals surface area contributed by atoms with Crippen LogP contribution in [-0.2, 0) is 9.59 Å². The molecule has 0 bridgehead atoms. The second-order valence-corrected chi connectivity index (χ2v) is 6.92. The molecule has 0 spiro atoms. The number of likely N-dealkylation sites (N-methyl/N-ethyl adjacent to an activating group) is 1. The topological polar surface area (TPSA) is 69.6 Å². The summed E-state index contributed by atoms with van der Waals surface area (Å²) in [5.41, 5.74) is 1.04. The van der Waals surface area contributed by atoms with Crippen LogP contribution in [0, 0.1) is 5.92 Å². The third kappa shape index (κ3) is 4.57. The molecule has 0 heterocycles. The van der Waals surface area contributed by atoms with Crippen molar-refractivity contribution in [3.63, 3.8) is 0 Å². The van der Waals surface area contributed by atoms with E-state index in [1.165, 1.54) is 0 Å². The summed E-state index contributed by atoms with van der Waals surface area (Å²) in [6.45, 7) is 6.88. The number of hydrogen-bond donors (Lipinski definition) is 2. The number of carboxylic acid groups (broad SMARTS) is 1. The Balaban J connectivity index is 1.90. The predicted octanol–water partition coefficient (Wildman–Crippen LogP) is 2.48. The summed E-state index contributed by atoms with van der Waals surface area (Å²) in [6, 6.07) is 10.3. The Labute approximate surface area is 144 Å². The third-order valence-corrected chi connectivity index (χ3v) is 4.83. The average molecular weight is 332 g/mol. The summed E-state index contributed by atoms with van der Waals surface area (Å²) < 4.78 is 0. The van der Waals surface area contributed by atoms with E-state index in [-0.39, 0.29) is 36.4 Å². The minimum Gasteiger partial charge on any atom is -0.480 e. The van der Waals surface area contributed by atoms with Crippen molar-refractivity contribution >= 4 is 11.9 Å². The smallest absolute Gasteiger partial charge is 0.317 e. The predicted molar refractivity (Wildman–Crippen MR) is 93.9 cm³/mol. The second-order valence-electron chi connectivity index (χ2n) is 6.92. The highest BCUT2D eigenvalue weighted by atomic mass is 16.4. The number of carboxylic acids is 1. The van der Waals surface area contributed by atoms with Crippen LogP contribution in [0.5, 0.6) is 0 Å². The Kier molecular flexibility index (Phi) is 6.37. The maximum absolute atomic E-state index is 12.7. The summed E-state index contributed by atoms with van der Waals surface area (Å²) in [5, 5.41) is 12.1. The summed E-state index contributed by atoms with van der Waals surface area (Å²) in [7, 11) is 0. The maximum atomic E-state index is 12.7. The number of nitrogens with zero attached hydrogens (tertiary/aromatic N) is 1. The second kappa shape index (κ2) is 8.29. The molecule has 0 radical (unpaired) electrons. The van der Waals surface area contributed by atoms with Crippen LogP contribution in [0.15, 0.2) is 30.3 Å². The summed E-state index contributed by atoms with van der Waals surface area (Å²) in [6.07, 6.45) is 1.65. The van der Waals surface area contributed by atoms with Crippen LogP contribution in [0.25, 0.3) is 0 Å². The molecular weight excluding hydrogens is 304 g/mol. The number of carbonyl (C=O) groups is 2. The van der Waals surface area contributed by atoms with Gasteiger partial charge in [0.05, 0.1) is 12.5 Å². The number of aliphatic carboxylic acids is 1. The zero-order chi connectivity index (χ0) is 17.7. The molecule has 1 saturated carbocycles. The molecule has 132 valence electrons. The quantitative estimate of drug-likeness (QED) is 0.767. The molecule has 1 aliphatic carbocycles. The third-order valence-electron chi connectivity index (χ3n) is 4.83. The molecule has 1 fully saturated rings. The lowest BCUT2D eigenvalue weighted by Crippen LogP contribution is -2.55.